The Kier molecular flexibility index (Phi) is 5.02. The lowest BCUT2D eigenvalue weighted by Crippen LogP contribution is -3.11. The standard InChI is InChI=1S/C17H24N2O3S/c1-11-5-6-12-13(9-11)23-16(15(12)17(21)22-2)18-14(20)10-19-7-3-4-8-19/h11H,3-10H2,1-2H3,(H,18,20)/p+1/t11-/m1/s1. The number of likely N-dealkylation sites (tertiary alicyclic amines) is 1. The molecule has 1 aromatic heterocycles. The number of quaternary nitrogens is 1. The van der Waals surface area contributed by atoms with E-state index in [1.54, 1.807) is 11.3 Å². The van der Waals surface area contributed by atoms with Gasteiger partial charge in [-0.25, -0.2) is 4.79 Å². The van der Waals surface area contributed by atoms with Gasteiger partial charge < -0.3 is 15.0 Å². The predicted octanol–water partition coefficient (Wildman–Crippen LogP) is 1.28. The number of amides is 1. The van der Waals surface area contributed by atoms with E-state index in [2.05, 4.69) is 12.2 Å². The zero-order chi connectivity index (χ0) is 16.4. The van der Waals surface area contributed by atoms with Gasteiger partial charge in [0.25, 0.3) is 5.91 Å². The number of anilines is 1. The molecule has 1 aliphatic carbocycles. The van der Waals surface area contributed by atoms with E-state index in [1.807, 2.05) is 0 Å². The first-order valence-electron chi connectivity index (χ1n) is 8.44. The molecule has 1 saturated heterocycles. The zero-order valence-corrected chi connectivity index (χ0v) is 14.7. The van der Waals surface area contributed by atoms with Crippen molar-refractivity contribution in [1.29, 1.82) is 0 Å². The van der Waals surface area contributed by atoms with Gasteiger partial charge in [0.05, 0.1) is 25.8 Å². The molecule has 1 amide bonds. The van der Waals surface area contributed by atoms with Crippen LogP contribution in [0.5, 0.6) is 0 Å². The number of carbonyl (C=O) groups is 2. The molecule has 0 spiro atoms. The Morgan fingerprint density at radius 2 is 2.09 bits per heavy atom. The van der Waals surface area contributed by atoms with Crippen LogP contribution in [-0.2, 0) is 22.4 Å². The van der Waals surface area contributed by atoms with Gasteiger partial charge in [0, 0.05) is 17.7 Å². The van der Waals surface area contributed by atoms with Crippen molar-refractivity contribution in [1.82, 2.24) is 0 Å². The van der Waals surface area contributed by atoms with Crippen molar-refractivity contribution in [2.45, 2.75) is 39.0 Å². The molecule has 23 heavy (non-hydrogen) atoms. The molecule has 126 valence electrons. The number of thiophene rings is 1. The summed E-state index contributed by atoms with van der Waals surface area (Å²) >= 11 is 1.55. The summed E-state index contributed by atoms with van der Waals surface area (Å²) in [5, 5.41) is 3.66. The van der Waals surface area contributed by atoms with Crippen LogP contribution in [0.15, 0.2) is 0 Å². The number of esters is 1. The van der Waals surface area contributed by atoms with Crippen molar-refractivity contribution in [3.63, 3.8) is 0 Å². The highest BCUT2D eigenvalue weighted by Gasteiger charge is 2.29. The van der Waals surface area contributed by atoms with Crippen LogP contribution in [0.1, 0.15) is 47.0 Å². The Hall–Kier alpha value is -1.40. The van der Waals surface area contributed by atoms with E-state index in [4.69, 9.17) is 4.74 Å². The van der Waals surface area contributed by atoms with Gasteiger partial charge in [-0.05, 0) is 30.7 Å². The van der Waals surface area contributed by atoms with Crippen LogP contribution >= 0.6 is 11.3 Å². The van der Waals surface area contributed by atoms with E-state index >= 15 is 0 Å². The first-order valence-corrected chi connectivity index (χ1v) is 9.26. The molecule has 2 heterocycles. The molecule has 0 bridgehead atoms. The lowest BCUT2D eigenvalue weighted by molar-refractivity contribution is -0.878. The highest BCUT2D eigenvalue weighted by atomic mass is 32.1. The van der Waals surface area contributed by atoms with E-state index in [-0.39, 0.29) is 11.9 Å². The molecular weight excluding hydrogens is 312 g/mol. The summed E-state index contributed by atoms with van der Waals surface area (Å²) < 4.78 is 4.95. The van der Waals surface area contributed by atoms with E-state index in [1.165, 1.54) is 29.7 Å². The molecule has 2 N–H and O–H groups in total. The largest absolute Gasteiger partial charge is 0.465 e. The van der Waals surface area contributed by atoms with Crippen molar-refractivity contribution >= 4 is 28.2 Å². The molecule has 1 atom stereocenters. The summed E-state index contributed by atoms with van der Waals surface area (Å²) in [5.74, 6) is 0.295. The number of fused-ring (bicyclic) bond motifs is 1. The van der Waals surface area contributed by atoms with Crippen molar-refractivity contribution in [2.75, 3.05) is 32.1 Å². The van der Waals surface area contributed by atoms with E-state index in [0.29, 0.717) is 23.0 Å². The zero-order valence-electron chi connectivity index (χ0n) is 13.9. The number of nitrogens with one attached hydrogen (secondary N) is 2. The van der Waals surface area contributed by atoms with Gasteiger partial charge in [0.1, 0.15) is 5.00 Å². The maximum Gasteiger partial charge on any atom is 0.341 e. The SMILES string of the molecule is COC(=O)c1c(NC(=O)C[NH+]2CCCC2)sc2c1CC[C@@H](C)C2. The van der Waals surface area contributed by atoms with Crippen LogP contribution in [0.3, 0.4) is 0 Å². The fourth-order valence-corrected chi connectivity index (χ4v) is 5.02. The van der Waals surface area contributed by atoms with Crippen LogP contribution in [0.2, 0.25) is 0 Å². The summed E-state index contributed by atoms with van der Waals surface area (Å²) in [6.07, 6.45) is 5.35. The summed E-state index contributed by atoms with van der Waals surface area (Å²) in [6.45, 7) is 4.85. The molecule has 1 aliphatic heterocycles. The van der Waals surface area contributed by atoms with Crippen LogP contribution in [0, 0.1) is 5.92 Å². The van der Waals surface area contributed by atoms with Crippen LogP contribution in [0.4, 0.5) is 5.00 Å². The predicted molar refractivity (Wildman–Crippen MR) is 90.3 cm³/mol. The van der Waals surface area contributed by atoms with Gasteiger partial charge >= 0.3 is 5.97 Å². The first kappa shape index (κ1) is 16.5. The minimum Gasteiger partial charge on any atom is -0.465 e. The molecule has 0 aromatic carbocycles. The maximum atomic E-state index is 12.3. The Morgan fingerprint density at radius 3 is 2.78 bits per heavy atom. The first-order chi connectivity index (χ1) is 11.1. The van der Waals surface area contributed by atoms with E-state index < -0.39 is 0 Å². The minimum absolute atomic E-state index is 0.00121. The number of hydrogen-bond donors (Lipinski definition) is 2. The number of carbonyl (C=O) groups excluding carboxylic acids is 2. The van der Waals surface area contributed by atoms with Crippen molar-refractivity contribution in [3.8, 4) is 0 Å². The second kappa shape index (κ2) is 7.01. The quantitative estimate of drug-likeness (QED) is 0.814. The third kappa shape index (κ3) is 3.58. The lowest BCUT2D eigenvalue weighted by Gasteiger charge is -2.18. The fourth-order valence-electron chi connectivity index (χ4n) is 3.61. The third-order valence-electron chi connectivity index (χ3n) is 4.88. The van der Waals surface area contributed by atoms with Crippen LogP contribution in [0.25, 0.3) is 0 Å². The number of methoxy groups -OCH3 is 1. The Labute approximate surface area is 141 Å². The topological polar surface area (TPSA) is 59.8 Å². The van der Waals surface area contributed by atoms with E-state index in [0.717, 1.165) is 37.9 Å². The van der Waals surface area contributed by atoms with E-state index in [9.17, 15) is 9.59 Å². The molecular formula is C17H25N2O3S+. The van der Waals surface area contributed by atoms with Crippen LogP contribution in [-0.4, -0.2) is 38.6 Å². The van der Waals surface area contributed by atoms with Gasteiger partial charge in [-0.15, -0.1) is 11.3 Å². The second-order valence-electron chi connectivity index (χ2n) is 6.73. The van der Waals surface area contributed by atoms with Gasteiger partial charge in [-0.2, -0.15) is 0 Å². The molecule has 5 nitrogen and oxygen atoms in total. The monoisotopic (exact) mass is 337 g/mol. The lowest BCUT2D eigenvalue weighted by atomic mass is 9.88. The van der Waals surface area contributed by atoms with Gasteiger partial charge in [-0.1, -0.05) is 6.92 Å². The molecule has 6 heteroatoms. The van der Waals surface area contributed by atoms with Gasteiger partial charge in [0.2, 0.25) is 0 Å². The summed E-state index contributed by atoms with van der Waals surface area (Å²) in [6, 6.07) is 0. The minimum atomic E-state index is -0.333. The average molecular weight is 337 g/mol. The highest BCUT2D eigenvalue weighted by Crippen LogP contribution is 2.39. The van der Waals surface area contributed by atoms with Gasteiger partial charge in [-0.3, -0.25) is 4.79 Å². The number of hydrogen-bond acceptors (Lipinski definition) is 4. The Bertz CT molecular complexity index is 605. The summed E-state index contributed by atoms with van der Waals surface area (Å²) in [4.78, 5) is 27.1. The summed E-state index contributed by atoms with van der Waals surface area (Å²) in [5.41, 5.74) is 1.67. The molecule has 1 fully saturated rings. The van der Waals surface area contributed by atoms with Crippen molar-refractivity contribution in [2.24, 2.45) is 5.92 Å². The fraction of sp³-hybridized carbons (Fsp3) is 0.647. The maximum absolute atomic E-state index is 12.3. The molecule has 0 unspecified atom stereocenters. The average Bonchev–Trinajstić information content (AvgIpc) is 3.13. The second-order valence-corrected chi connectivity index (χ2v) is 7.83. The molecule has 0 saturated carbocycles. The smallest absolute Gasteiger partial charge is 0.341 e. The highest BCUT2D eigenvalue weighted by molar-refractivity contribution is 7.17. The van der Waals surface area contributed by atoms with Crippen LogP contribution < -0.4 is 10.2 Å². The molecule has 2 aliphatic rings. The molecule has 3 rings (SSSR count). The molecule has 0 radical (unpaired) electrons. The number of ether oxygens (including phenoxy) is 1. The summed E-state index contributed by atoms with van der Waals surface area (Å²) in [7, 11) is 1.40. The normalized spacial score (nSPS) is 21.0. The van der Waals surface area contributed by atoms with Crippen molar-refractivity contribution in [3.05, 3.63) is 16.0 Å². The Balaban J connectivity index is 1.80. The third-order valence-corrected chi connectivity index (χ3v) is 6.05. The number of rotatable bonds is 4. The Morgan fingerprint density at radius 1 is 1.35 bits per heavy atom. The van der Waals surface area contributed by atoms with Gasteiger partial charge in [0.15, 0.2) is 6.54 Å². The molecule has 1 aromatic rings. The van der Waals surface area contributed by atoms with Crippen molar-refractivity contribution < 1.29 is 19.2 Å².